The molecule has 0 bridgehead atoms. The molecule has 0 heterocycles. The van der Waals surface area contributed by atoms with Gasteiger partial charge in [0.25, 0.3) is 0 Å². The van der Waals surface area contributed by atoms with E-state index in [1.54, 1.807) is 14.2 Å². The van der Waals surface area contributed by atoms with Gasteiger partial charge in [-0.25, -0.2) is 13.1 Å². The van der Waals surface area contributed by atoms with Crippen molar-refractivity contribution in [2.75, 3.05) is 33.1 Å². The predicted octanol–water partition coefficient (Wildman–Crippen LogP) is 1.58. The summed E-state index contributed by atoms with van der Waals surface area (Å²) in [6, 6.07) is 7.45. The van der Waals surface area contributed by atoms with Crippen LogP contribution in [-0.2, 0) is 21.2 Å². The first-order valence-electron chi connectivity index (χ1n) is 6.66. The summed E-state index contributed by atoms with van der Waals surface area (Å²) in [4.78, 5) is 0. The molecule has 114 valence electrons. The quantitative estimate of drug-likeness (QED) is 0.667. The van der Waals surface area contributed by atoms with E-state index in [9.17, 15) is 8.42 Å². The molecule has 0 radical (unpaired) electrons. The molecule has 6 heteroatoms. The number of unbranched alkanes of at least 4 members (excludes halogenated alkanes) is 1. The minimum atomic E-state index is -3.22. The zero-order valence-corrected chi connectivity index (χ0v) is 12.9. The molecule has 1 aromatic rings. The van der Waals surface area contributed by atoms with Crippen LogP contribution in [-0.4, -0.2) is 41.5 Å². The molecule has 1 N–H and O–H groups in total. The summed E-state index contributed by atoms with van der Waals surface area (Å²) < 4.78 is 36.3. The summed E-state index contributed by atoms with van der Waals surface area (Å²) in [5.41, 5.74) is 0.953. The summed E-state index contributed by atoms with van der Waals surface area (Å²) in [5.74, 6) is 0.831. The Kier molecular flexibility index (Phi) is 7.58. The second-order valence-corrected chi connectivity index (χ2v) is 6.44. The van der Waals surface area contributed by atoms with E-state index < -0.39 is 10.0 Å². The van der Waals surface area contributed by atoms with Gasteiger partial charge in [0.05, 0.1) is 12.9 Å². The number of sulfonamides is 1. The number of methoxy groups -OCH3 is 2. The largest absolute Gasteiger partial charge is 0.497 e. The normalized spacial score (nSPS) is 11.5. The highest BCUT2D eigenvalue weighted by atomic mass is 32.2. The third kappa shape index (κ3) is 6.88. The number of ether oxygens (including phenoxy) is 2. The van der Waals surface area contributed by atoms with Crippen molar-refractivity contribution in [1.82, 2.24) is 4.72 Å². The fourth-order valence-corrected chi connectivity index (χ4v) is 2.86. The molecule has 1 rings (SSSR count). The predicted molar refractivity (Wildman–Crippen MR) is 79.6 cm³/mol. The van der Waals surface area contributed by atoms with E-state index in [1.165, 1.54) is 0 Å². The maximum Gasteiger partial charge on any atom is 0.211 e. The Bertz CT molecular complexity index is 488. The zero-order chi connectivity index (χ0) is 14.8. The van der Waals surface area contributed by atoms with E-state index >= 15 is 0 Å². The average Bonchev–Trinajstić information content (AvgIpc) is 2.45. The van der Waals surface area contributed by atoms with Crippen LogP contribution >= 0.6 is 0 Å². The van der Waals surface area contributed by atoms with Crippen LogP contribution in [0.15, 0.2) is 24.3 Å². The Morgan fingerprint density at radius 1 is 1.20 bits per heavy atom. The van der Waals surface area contributed by atoms with Gasteiger partial charge in [0, 0.05) is 20.3 Å². The van der Waals surface area contributed by atoms with Crippen molar-refractivity contribution in [3.8, 4) is 5.75 Å². The summed E-state index contributed by atoms with van der Waals surface area (Å²) >= 11 is 0. The maximum absolute atomic E-state index is 11.8. The van der Waals surface area contributed by atoms with Crippen molar-refractivity contribution in [3.63, 3.8) is 0 Å². The van der Waals surface area contributed by atoms with Crippen molar-refractivity contribution in [1.29, 1.82) is 0 Å². The smallest absolute Gasteiger partial charge is 0.211 e. The van der Waals surface area contributed by atoms with Crippen molar-refractivity contribution in [2.45, 2.75) is 19.3 Å². The van der Waals surface area contributed by atoms with Gasteiger partial charge in [-0.3, -0.25) is 0 Å². The van der Waals surface area contributed by atoms with Gasteiger partial charge in [0.15, 0.2) is 0 Å². The second-order valence-electron chi connectivity index (χ2n) is 4.51. The molecule has 0 unspecified atom stereocenters. The van der Waals surface area contributed by atoms with Crippen molar-refractivity contribution in [3.05, 3.63) is 29.8 Å². The highest BCUT2D eigenvalue weighted by molar-refractivity contribution is 7.89. The Labute approximate surface area is 121 Å². The van der Waals surface area contributed by atoms with Crippen molar-refractivity contribution < 1.29 is 17.9 Å². The Morgan fingerprint density at radius 3 is 2.70 bits per heavy atom. The standard InChI is InChI=1S/C14H23NO4S/c1-18-10-4-3-9-15-20(16,17)11-8-13-6-5-7-14(12-13)19-2/h5-7,12,15H,3-4,8-11H2,1-2H3. The van der Waals surface area contributed by atoms with E-state index in [1.807, 2.05) is 24.3 Å². The summed E-state index contributed by atoms with van der Waals surface area (Å²) in [6.45, 7) is 1.12. The van der Waals surface area contributed by atoms with E-state index in [2.05, 4.69) is 4.72 Å². The molecule has 0 saturated carbocycles. The Hall–Kier alpha value is -1.11. The fourth-order valence-electron chi connectivity index (χ4n) is 1.75. The molecule has 0 amide bonds. The van der Waals surface area contributed by atoms with Crippen LogP contribution in [0.1, 0.15) is 18.4 Å². The van der Waals surface area contributed by atoms with Gasteiger partial charge in [-0.2, -0.15) is 0 Å². The first-order valence-corrected chi connectivity index (χ1v) is 8.32. The Morgan fingerprint density at radius 2 is 2.00 bits per heavy atom. The van der Waals surface area contributed by atoms with E-state index in [0.717, 1.165) is 24.2 Å². The van der Waals surface area contributed by atoms with Gasteiger partial charge in [-0.1, -0.05) is 12.1 Å². The molecular weight excluding hydrogens is 278 g/mol. The third-order valence-corrected chi connectivity index (χ3v) is 4.28. The SMILES string of the molecule is COCCCCNS(=O)(=O)CCc1cccc(OC)c1. The minimum absolute atomic E-state index is 0.0877. The number of benzene rings is 1. The molecule has 20 heavy (non-hydrogen) atoms. The molecular formula is C14H23NO4S. The summed E-state index contributed by atoms with van der Waals surface area (Å²) in [7, 11) is 0.0137. The molecule has 0 saturated heterocycles. The minimum Gasteiger partial charge on any atom is -0.497 e. The third-order valence-electron chi connectivity index (χ3n) is 2.89. The van der Waals surface area contributed by atoms with Gasteiger partial charge < -0.3 is 9.47 Å². The maximum atomic E-state index is 11.8. The summed E-state index contributed by atoms with van der Waals surface area (Å²) in [6.07, 6.45) is 2.12. The van der Waals surface area contributed by atoms with Crippen LogP contribution < -0.4 is 9.46 Å². The first-order chi connectivity index (χ1) is 9.57. The number of hydrogen-bond donors (Lipinski definition) is 1. The lowest BCUT2D eigenvalue weighted by molar-refractivity contribution is 0.193. The van der Waals surface area contributed by atoms with Gasteiger partial charge in [0.1, 0.15) is 5.75 Å². The first kappa shape index (κ1) is 16.9. The lowest BCUT2D eigenvalue weighted by Gasteiger charge is -2.07. The Balaban J connectivity index is 2.35. The highest BCUT2D eigenvalue weighted by Gasteiger charge is 2.09. The van der Waals surface area contributed by atoms with Gasteiger partial charge in [0.2, 0.25) is 10.0 Å². The average molecular weight is 301 g/mol. The summed E-state index contributed by atoms with van der Waals surface area (Å²) in [5, 5.41) is 0. The van der Waals surface area contributed by atoms with Crippen LogP contribution in [0.25, 0.3) is 0 Å². The molecule has 0 spiro atoms. The molecule has 0 atom stereocenters. The van der Waals surface area contributed by atoms with Gasteiger partial charge >= 0.3 is 0 Å². The van der Waals surface area contributed by atoms with Crippen LogP contribution in [0.2, 0.25) is 0 Å². The molecule has 0 fully saturated rings. The van der Waals surface area contributed by atoms with E-state index in [0.29, 0.717) is 19.6 Å². The van der Waals surface area contributed by atoms with Crippen LogP contribution in [0.4, 0.5) is 0 Å². The fraction of sp³-hybridized carbons (Fsp3) is 0.571. The topological polar surface area (TPSA) is 64.6 Å². The molecule has 0 aliphatic heterocycles. The van der Waals surface area contributed by atoms with E-state index in [-0.39, 0.29) is 5.75 Å². The lowest BCUT2D eigenvalue weighted by atomic mass is 10.2. The molecule has 0 aromatic heterocycles. The number of hydrogen-bond acceptors (Lipinski definition) is 4. The molecule has 5 nitrogen and oxygen atoms in total. The van der Waals surface area contributed by atoms with Crippen LogP contribution in [0.5, 0.6) is 5.75 Å². The zero-order valence-electron chi connectivity index (χ0n) is 12.1. The van der Waals surface area contributed by atoms with Crippen LogP contribution in [0, 0.1) is 0 Å². The van der Waals surface area contributed by atoms with Crippen molar-refractivity contribution in [2.24, 2.45) is 0 Å². The monoisotopic (exact) mass is 301 g/mol. The second kappa shape index (κ2) is 8.94. The molecule has 0 aliphatic rings. The van der Waals surface area contributed by atoms with Crippen molar-refractivity contribution >= 4 is 10.0 Å². The molecule has 1 aromatic carbocycles. The molecule has 0 aliphatic carbocycles. The highest BCUT2D eigenvalue weighted by Crippen LogP contribution is 2.13. The van der Waals surface area contributed by atoms with E-state index in [4.69, 9.17) is 9.47 Å². The van der Waals surface area contributed by atoms with Gasteiger partial charge in [-0.15, -0.1) is 0 Å². The van der Waals surface area contributed by atoms with Gasteiger partial charge in [-0.05, 0) is 37.0 Å². The van der Waals surface area contributed by atoms with Crippen LogP contribution in [0.3, 0.4) is 0 Å². The number of rotatable bonds is 10. The number of nitrogens with one attached hydrogen (secondary N) is 1. The number of aryl methyl sites for hydroxylation is 1. The lowest BCUT2D eigenvalue weighted by Crippen LogP contribution is -2.28.